The van der Waals surface area contributed by atoms with Crippen molar-refractivity contribution in [3.8, 4) is 11.4 Å². The van der Waals surface area contributed by atoms with Crippen molar-refractivity contribution >= 4 is 11.9 Å². The molecule has 2 rings (SSSR count). The van der Waals surface area contributed by atoms with Crippen LogP contribution in [0.15, 0.2) is 30.3 Å². The Labute approximate surface area is 134 Å². The van der Waals surface area contributed by atoms with Crippen LogP contribution >= 0.6 is 0 Å². The summed E-state index contributed by atoms with van der Waals surface area (Å²) in [5.74, 6) is 1.08. The molecule has 0 saturated carbocycles. The highest BCUT2D eigenvalue weighted by molar-refractivity contribution is 5.83. The minimum atomic E-state index is -0.303. The van der Waals surface area contributed by atoms with Crippen LogP contribution in [0.1, 0.15) is 5.82 Å². The summed E-state index contributed by atoms with van der Waals surface area (Å²) in [5, 5.41) is 12.2. The monoisotopic (exact) mass is 316 g/mol. The minimum absolute atomic E-state index is 0.0529. The lowest BCUT2D eigenvalue weighted by Gasteiger charge is -2.11. The zero-order chi connectivity index (χ0) is 16.7. The Bertz CT molecular complexity index is 653. The molecule has 0 radical (unpaired) electrons. The predicted octanol–water partition coefficient (Wildman–Crippen LogP) is 0.402. The summed E-state index contributed by atoms with van der Waals surface area (Å²) in [6, 6.07) is 9.34. The first kappa shape index (κ1) is 16.5. The second-order valence-electron chi connectivity index (χ2n) is 5.12. The number of H-pyrrole nitrogens is 1. The Morgan fingerprint density at radius 2 is 1.91 bits per heavy atom. The number of urea groups is 1. The van der Waals surface area contributed by atoms with Gasteiger partial charge in [-0.1, -0.05) is 30.3 Å². The number of benzene rings is 1. The van der Waals surface area contributed by atoms with Gasteiger partial charge in [0.2, 0.25) is 5.91 Å². The van der Waals surface area contributed by atoms with Gasteiger partial charge in [0.25, 0.3) is 0 Å². The van der Waals surface area contributed by atoms with Crippen LogP contribution in [0.5, 0.6) is 0 Å². The number of carbonyl (C=O) groups is 2. The largest absolute Gasteiger partial charge is 0.354 e. The summed E-state index contributed by atoms with van der Waals surface area (Å²) < 4.78 is 0. The molecule has 2 aromatic rings. The molecule has 0 bridgehead atoms. The highest BCUT2D eigenvalue weighted by Gasteiger charge is 2.08. The summed E-state index contributed by atoms with van der Waals surface area (Å²) in [4.78, 5) is 28.6. The van der Waals surface area contributed by atoms with Gasteiger partial charge in [0, 0.05) is 32.6 Å². The van der Waals surface area contributed by atoms with Crippen LogP contribution in [0.4, 0.5) is 4.79 Å². The maximum Gasteiger partial charge on any atom is 0.317 e. The third kappa shape index (κ3) is 5.10. The zero-order valence-electron chi connectivity index (χ0n) is 13.2. The Kier molecular flexibility index (Phi) is 5.67. The van der Waals surface area contributed by atoms with E-state index in [1.165, 1.54) is 4.90 Å². The summed E-state index contributed by atoms with van der Waals surface area (Å²) in [6.45, 7) is 0.364. The lowest BCUT2D eigenvalue weighted by molar-refractivity contribution is -0.120. The van der Waals surface area contributed by atoms with Crippen LogP contribution < -0.4 is 10.6 Å². The van der Waals surface area contributed by atoms with E-state index in [0.717, 1.165) is 5.56 Å². The maximum absolute atomic E-state index is 11.6. The van der Waals surface area contributed by atoms with E-state index in [0.29, 0.717) is 24.6 Å². The molecular formula is C15H20N6O2. The van der Waals surface area contributed by atoms with Gasteiger partial charge in [-0.05, 0) is 0 Å². The molecule has 0 unspecified atom stereocenters. The molecule has 8 heteroatoms. The molecule has 1 aromatic heterocycles. The van der Waals surface area contributed by atoms with Crippen molar-refractivity contribution in [3.05, 3.63) is 36.2 Å². The fraction of sp³-hybridized carbons (Fsp3) is 0.333. The van der Waals surface area contributed by atoms with E-state index < -0.39 is 0 Å². The average molecular weight is 316 g/mol. The molecule has 0 aliphatic rings. The molecule has 0 saturated heterocycles. The van der Waals surface area contributed by atoms with Gasteiger partial charge >= 0.3 is 6.03 Å². The third-order valence-corrected chi connectivity index (χ3v) is 3.05. The Balaban J connectivity index is 1.74. The van der Waals surface area contributed by atoms with Gasteiger partial charge in [0.15, 0.2) is 5.82 Å². The van der Waals surface area contributed by atoms with Gasteiger partial charge in [-0.25, -0.2) is 9.78 Å². The number of nitrogens with one attached hydrogen (secondary N) is 3. The molecule has 0 atom stereocenters. The van der Waals surface area contributed by atoms with Gasteiger partial charge in [0.1, 0.15) is 5.82 Å². The van der Waals surface area contributed by atoms with Crippen LogP contribution in [-0.2, 0) is 11.2 Å². The van der Waals surface area contributed by atoms with Crippen molar-refractivity contribution in [1.29, 1.82) is 0 Å². The molecule has 0 spiro atoms. The summed E-state index contributed by atoms with van der Waals surface area (Å²) in [7, 11) is 3.23. The molecule has 3 N–H and O–H groups in total. The first-order valence-corrected chi connectivity index (χ1v) is 7.25. The van der Waals surface area contributed by atoms with Crippen molar-refractivity contribution in [3.63, 3.8) is 0 Å². The first-order valence-electron chi connectivity index (χ1n) is 7.25. The van der Waals surface area contributed by atoms with Gasteiger partial charge in [-0.15, -0.1) is 0 Å². The van der Waals surface area contributed by atoms with Crippen LogP contribution in [0.3, 0.4) is 0 Å². The summed E-state index contributed by atoms with van der Waals surface area (Å²) in [6.07, 6.45) is 0.535. The highest BCUT2D eigenvalue weighted by Crippen LogP contribution is 2.13. The lowest BCUT2D eigenvalue weighted by Crippen LogP contribution is -2.41. The van der Waals surface area contributed by atoms with E-state index in [4.69, 9.17) is 0 Å². The Morgan fingerprint density at radius 3 is 2.61 bits per heavy atom. The normalized spacial score (nSPS) is 10.2. The topological polar surface area (TPSA) is 103 Å². The standard InChI is InChI=1S/C15H20N6O2/c1-21(2)15(23)17-10-13(22)16-9-8-12-18-14(20-19-12)11-6-4-3-5-7-11/h3-7H,8-10H2,1-2H3,(H,16,22)(H,17,23)(H,18,19,20). The first-order chi connectivity index (χ1) is 11.1. The van der Waals surface area contributed by atoms with E-state index in [1.807, 2.05) is 30.3 Å². The highest BCUT2D eigenvalue weighted by atomic mass is 16.2. The Hall–Kier alpha value is -2.90. The van der Waals surface area contributed by atoms with Crippen molar-refractivity contribution < 1.29 is 9.59 Å². The van der Waals surface area contributed by atoms with Gasteiger partial charge in [-0.3, -0.25) is 9.89 Å². The molecule has 1 aromatic carbocycles. The van der Waals surface area contributed by atoms with Crippen molar-refractivity contribution in [2.45, 2.75) is 6.42 Å². The molecule has 0 fully saturated rings. The molecular weight excluding hydrogens is 296 g/mol. The number of rotatable bonds is 6. The Morgan fingerprint density at radius 1 is 1.17 bits per heavy atom. The van der Waals surface area contributed by atoms with Gasteiger partial charge < -0.3 is 15.5 Å². The average Bonchev–Trinajstić information content (AvgIpc) is 3.02. The maximum atomic E-state index is 11.6. The van der Waals surface area contributed by atoms with E-state index in [-0.39, 0.29) is 18.5 Å². The lowest BCUT2D eigenvalue weighted by atomic mass is 10.2. The van der Waals surface area contributed by atoms with Crippen molar-refractivity contribution in [2.24, 2.45) is 0 Å². The molecule has 23 heavy (non-hydrogen) atoms. The van der Waals surface area contributed by atoms with Crippen LogP contribution in [-0.4, -0.2) is 59.2 Å². The molecule has 0 aliphatic heterocycles. The van der Waals surface area contributed by atoms with E-state index in [2.05, 4.69) is 25.8 Å². The number of amides is 3. The van der Waals surface area contributed by atoms with Gasteiger partial charge in [-0.2, -0.15) is 5.10 Å². The molecule has 122 valence electrons. The number of nitrogens with zero attached hydrogens (tertiary/aromatic N) is 3. The second-order valence-corrected chi connectivity index (χ2v) is 5.12. The second kappa shape index (κ2) is 7.92. The number of carbonyl (C=O) groups excluding carboxylic acids is 2. The predicted molar refractivity (Wildman–Crippen MR) is 85.6 cm³/mol. The fourth-order valence-electron chi connectivity index (χ4n) is 1.82. The zero-order valence-corrected chi connectivity index (χ0v) is 13.2. The molecule has 8 nitrogen and oxygen atoms in total. The number of hydrogen-bond acceptors (Lipinski definition) is 4. The summed E-state index contributed by atoms with van der Waals surface area (Å²) in [5.41, 5.74) is 0.936. The third-order valence-electron chi connectivity index (χ3n) is 3.05. The molecule has 3 amide bonds. The molecule has 0 aliphatic carbocycles. The number of hydrogen-bond donors (Lipinski definition) is 3. The van der Waals surface area contributed by atoms with E-state index >= 15 is 0 Å². The van der Waals surface area contributed by atoms with E-state index in [1.54, 1.807) is 14.1 Å². The van der Waals surface area contributed by atoms with Crippen LogP contribution in [0.25, 0.3) is 11.4 Å². The van der Waals surface area contributed by atoms with Crippen molar-refractivity contribution in [2.75, 3.05) is 27.2 Å². The van der Waals surface area contributed by atoms with Gasteiger partial charge in [0.05, 0.1) is 6.54 Å². The summed E-state index contributed by atoms with van der Waals surface area (Å²) >= 11 is 0. The number of aromatic amines is 1. The van der Waals surface area contributed by atoms with Crippen LogP contribution in [0, 0.1) is 0 Å². The number of aromatic nitrogens is 3. The van der Waals surface area contributed by atoms with Crippen LogP contribution in [0.2, 0.25) is 0 Å². The van der Waals surface area contributed by atoms with E-state index in [9.17, 15) is 9.59 Å². The fourth-order valence-corrected chi connectivity index (χ4v) is 1.82. The minimum Gasteiger partial charge on any atom is -0.354 e. The SMILES string of the molecule is CN(C)C(=O)NCC(=O)NCCc1nc(-c2ccccc2)n[nH]1. The smallest absolute Gasteiger partial charge is 0.317 e. The van der Waals surface area contributed by atoms with Crippen molar-refractivity contribution in [1.82, 2.24) is 30.7 Å². The quantitative estimate of drug-likeness (QED) is 0.718. The molecule has 1 heterocycles.